The molecule has 1 saturated heterocycles. The van der Waals surface area contributed by atoms with Crippen LogP contribution in [-0.2, 0) is 16.1 Å². The average molecular weight is 179 g/mol. The maximum absolute atomic E-state index is 11.2. The van der Waals surface area contributed by atoms with E-state index in [1.54, 1.807) is 12.1 Å². The van der Waals surface area contributed by atoms with E-state index < -0.39 is 0 Å². The summed E-state index contributed by atoms with van der Waals surface area (Å²) in [6.45, 7) is 0.269. The predicted octanol–water partition coefficient (Wildman–Crippen LogP) is 0.929. The van der Waals surface area contributed by atoms with Gasteiger partial charge in [-0.15, -0.1) is 0 Å². The van der Waals surface area contributed by atoms with Crippen molar-refractivity contribution in [2.24, 2.45) is 0 Å². The number of amides is 2. The number of nitrogens with zero attached hydrogens (tertiary/aromatic N) is 1. The van der Waals surface area contributed by atoms with Crippen molar-refractivity contribution in [3.05, 3.63) is 24.2 Å². The molecular formula is C9H9NO3. The molecule has 0 spiro atoms. The van der Waals surface area contributed by atoms with Crippen molar-refractivity contribution in [1.29, 1.82) is 0 Å². The molecule has 1 aliphatic heterocycles. The Morgan fingerprint density at radius 2 is 2.00 bits per heavy atom. The SMILES string of the molecule is O=C1CCC(=O)N1Cc1ccco1. The van der Waals surface area contributed by atoms with E-state index in [0.717, 1.165) is 0 Å². The Hall–Kier alpha value is -1.58. The normalized spacial score (nSPS) is 17.1. The van der Waals surface area contributed by atoms with Gasteiger partial charge >= 0.3 is 0 Å². The van der Waals surface area contributed by atoms with Gasteiger partial charge in [-0.3, -0.25) is 14.5 Å². The van der Waals surface area contributed by atoms with Gasteiger partial charge in [-0.25, -0.2) is 0 Å². The molecule has 0 bridgehead atoms. The summed E-state index contributed by atoms with van der Waals surface area (Å²) < 4.78 is 5.05. The first-order valence-electron chi connectivity index (χ1n) is 4.13. The summed E-state index contributed by atoms with van der Waals surface area (Å²) in [7, 11) is 0. The first-order valence-corrected chi connectivity index (χ1v) is 4.13. The monoisotopic (exact) mass is 179 g/mol. The molecule has 68 valence electrons. The topological polar surface area (TPSA) is 50.5 Å². The smallest absolute Gasteiger partial charge is 0.230 e. The van der Waals surface area contributed by atoms with Crippen molar-refractivity contribution in [2.75, 3.05) is 0 Å². The Balaban J connectivity index is 2.09. The molecule has 0 atom stereocenters. The van der Waals surface area contributed by atoms with Gasteiger partial charge in [0.15, 0.2) is 0 Å². The molecular weight excluding hydrogens is 170 g/mol. The molecule has 0 aromatic carbocycles. The van der Waals surface area contributed by atoms with E-state index in [2.05, 4.69) is 0 Å². The second-order valence-corrected chi connectivity index (χ2v) is 2.95. The Kier molecular flexibility index (Phi) is 1.88. The number of carbonyl (C=O) groups is 2. The summed E-state index contributed by atoms with van der Waals surface area (Å²) in [4.78, 5) is 23.6. The van der Waals surface area contributed by atoms with E-state index in [-0.39, 0.29) is 18.4 Å². The third kappa shape index (κ3) is 1.47. The van der Waals surface area contributed by atoms with Crippen molar-refractivity contribution in [1.82, 2.24) is 4.90 Å². The van der Waals surface area contributed by atoms with Gasteiger partial charge in [0.2, 0.25) is 11.8 Å². The van der Waals surface area contributed by atoms with E-state index in [1.165, 1.54) is 11.2 Å². The predicted molar refractivity (Wildman–Crippen MR) is 43.5 cm³/mol. The summed E-state index contributed by atoms with van der Waals surface area (Å²) in [5, 5.41) is 0. The maximum atomic E-state index is 11.2. The van der Waals surface area contributed by atoms with Crippen molar-refractivity contribution < 1.29 is 14.0 Å². The number of rotatable bonds is 2. The summed E-state index contributed by atoms with van der Waals surface area (Å²) in [6.07, 6.45) is 2.19. The fourth-order valence-corrected chi connectivity index (χ4v) is 1.36. The summed E-state index contributed by atoms with van der Waals surface area (Å²) >= 11 is 0. The molecule has 0 radical (unpaired) electrons. The molecule has 0 N–H and O–H groups in total. The quantitative estimate of drug-likeness (QED) is 0.634. The van der Waals surface area contributed by atoms with Crippen molar-refractivity contribution in [2.45, 2.75) is 19.4 Å². The van der Waals surface area contributed by atoms with Crippen LogP contribution >= 0.6 is 0 Å². The number of furan rings is 1. The summed E-state index contributed by atoms with van der Waals surface area (Å²) in [5.74, 6) is 0.423. The highest BCUT2D eigenvalue weighted by Gasteiger charge is 2.29. The summed E-state index contributed by atoms with van der Waals surface area (Å²) in [5.41, 5.74) is 0. The van der Waals surface area contributed by atoms with Crippen LogP contribution in [0.3, 0.4) is 0 Å². The molecule has 2 heterocycles. The largest absolute Gasteiger partial charge is 0.467 e. The zero-order chi connectivity index (χ0) is 9.26. The first kappa shape index (κ1) is 8.04. The average Bonchev–Trinajstić information content (AvgIpc) is 2.70. The van der Waals surface area contributed by atoms with Crippen LogP contribution < -0.4 is 0 Å². The van der Waals surface area contributed by atoms with Crippen molar-refractivity contribution in [3.63, 3.8) is 0 Å². The minimum absolute atomic E-state index is 0.110. The van der Waals surface area contributed by atoms with Gasteiger partial charge in [0.1, 0.15) is 5.76 Å². The van der Waals surface area contributed by atoms with Crippen molar-refractivity contribution >= 4 is 11.8 Å². The number of carbonyl (C=O) groups excluding carboxylic acids is 2. The molecule has 1 aliphatic rings. The Labute approximate surface area is 75.1 Å². The van der Waals surface area contributed by atoms with Gasteiger partial charge in [-0.05, 0) is 12.1 Å². The van der Waals surface area contributed by atoms with E-state index >= 15 is 0 Å². The van der Waals surface area contributed by atoms with Gasteiger partial charge in [0.25, 0.3) is 0 Å². The molecule has 2 amide bonds. The van der Waals surface area contributed by atoms with E-state index in [9.17, 15) is 9.59 Å². The van der Waals surface area contributed by atoms with Gasteiger partial charge in [0, 0.05) is 12.8 Å². The van der Waals surface area contributed by atoms with Crippen LogP contribution in [0.5, 0.6) is 0 Å². The molecule has 1 aromatic heterocycles. The van der Waals surface area contributed by atoms with Crippen LogP contribution in [0.25, 0.3) is 0 Å². The molecule has 13 heavy (non-hydrogen) atoms. The third-order valence-electron chi connectivity index (χ3n) is 2.05. The van der Waals surface area contributed by atoms with Crippen LogP contribution in [0.15, 0.2) is 22.8 Å². The van der Waals surface area contributed by atoms with Crippen molar-refractivity contribution in [3.8, 4) is 0 Å². The van der Waals surface area contributed by atoms with Crippen LogP contribution in [0.1, 0.15) is 18.6 Å². The molecule has 1 fully saturated rings. The lowest BCUT2D eigenvalue weighted by Crippen LogP contribution is -2.28. The number of hydrogen-bond donors (Lipinski definition) is 0. The zero-order valence-electron chi connectivity index (χ0n) is 7.03. The minimum atomic E-state index is -0.110. The highest BCUT2D eigenvalue weighted by Crippen LogP contribution is 2.15. The number of likely N-dealkylation sites (tertiary alicyclic amines) is 1. The molecule has 2 rings (SSSR count). The molecule has 0 unspecified atom stereocenters. The standard InChI is InChI=1S/C9H9NO3/c11-8-3-4-9(12)10(8)6-7-2-1-5-13-7/h1-2,5H,3-4,6H2. The molecule has 1 aromatic rings. The van der Waals surface area contributed by atoms with Crippen LogP contribution in [0.4, 0.5) is 0 Å². The van der Waals surface area contributed by atoms with Gasteiger partial charge < -0.3 is 4.42 Å². The Bertz CT molecular complexity index is 313. The van der Waals surface area contributed by atoms with E-state index in [0.29, 0.717) is 18.6 Å². The van der Waals surface area contributed by atoms with E-state index in [4.69, 9.17) is 4.42 Å². The lowest BCUT2D eigenvalue weighted by molar-refractivity contribution is -0.139. The fraction of sp³-hybridized carbons (Fsp3) is 0.333. The van der Waals surface area contributed by atoms with Gasteiger partial charge in [-0.1, -0.05) is 0 Å². The highest BCUT2D eigenvalue weighted by atomic mass is 16.3. The van der Waals surface area contributed by atoms with Gasteiger partial charge in [-0.2, -0.15) is 0 Å². The van der Waals surface area contributed by atoms with Crippen LogP contribution in [0.2, 0.25) is 0 Å². The number of hydrogen-bond acceptors (Lipinski definition) is 3. The molecule has 4 nitrogen and oxygen atoms in total. The Morgan fingerprint density at radius 1 is 1.31 bits per heavy atom. The van der Waals surface area contributed by atoms with E-state index in [1.807, 2.05) is 0 Å². The first-order chi connectivity index (χ1) is 6.27. The molecule has 0 saturated carbocycles. The third-order valence-corrected chi connectivity index (χ3v) is 2.05. The zero-order valence-corrected chi connectivity index (χ0v) is 7.03. The van der Waals surface area contributed by atoms with Gasteiger partial charge in [0.05, 0.1) is 12.8 Å². The van der Waals surface area contributed by atoms with Crippen LogP contribution in [-0.4, -0.2) is 16.7 Å². The second-order valence-electron chi connectivity index (χ2n) is 2.95. The lowest BCUT2D eigenvalue weighted by Gasteiger charge is -2.10. The molecule has 0 aliphatic carbocycles. The number of imide groups is 1. The second kappa shape index (κ2) is 3.05. The van der Waals surface area contributed by atoms with Crippen LogP contribution in [0, 0.1) is 0 Å². The maximum Gasteiger partial charge on any atom is 0.230 e. The fourth-order valence-electron chi connectivity index (χ4n) is 1.36. The molecule has 4 heteroatoms. The summed E-state index contributed by atoms with van der Waals surface area (Å²) in [6, 6.07) is 3.49. The minimum Gasteiger partial charge on any atom is -0.467 e. The highest BCUT2D eigenvalue weighted by molar-refractivity contribution is 6.01. The Morgan fingerprint density at radius 3 is 2.54 bits per heavy atom. The lowest BCUT2D eigenvalue weighted by atomic mass is 10.4.